The molecule has 1 aromatic heterocycles. The molecular formula is C27H27NO7. The van der Waals surface area contributed by atoms with Gasteiger partial charge in [0.25, 0.3) is 0 Å². The van der Waals surface area contributed by atoms with Gasteiger partial charge in [-0.1, -0.05) is 60.7 Å². The molecule has 35 heavy (non-hydrogen) atoms. The second-order valence-electron chi connectivity index (χ2n) is 8.45. The van der Waals surface area contributed by atoms with Crippen LogP contribution in [0.15, 0.2) is 79.0 Å². The standard InChI is InChI=1S/C27H27NO7/c1-31-25(30)19-12-13-20(28-15-19)14-21-23-24(35-26(32-21)17-8-4-2-5-9-17)22(16-29)33-27(34-23)18-10-6-3-7-11-18/h2-13,15,21-24,26-27,29H,14,16H2,1H3/t21-,22-,23+,24-,26?,27?/m1/s1. The molecule has 0 radical (unpaired) electrons. The van der Waals surface area contributed by atoms with Gasteiger partial charge in [-0.2, -0.15) is 0 Å². The number of aliphatic hydroxyl groups excluding tert-OH is 1. The summed E-state index contributed by atoms with van der Waals surface area (Å²) in [6, 6.07) is 22.6. The van der Waals surface area contributed by atoms with Crippen molar-refractivity contribution in [3.8, 4) is 0 Å². The Morgan fingerprint density at radius 3 is 1.91 bits per heavy atom. The van der Waals surface area contributed by atoms with Crippen LogP contribution >= 0.6 is 0 Å². The van der Waals surface area contributed by atoms with E-state index >= 15 is 0 Å². The number of hydrogen-bond donors (Lipinski definition) is 1. The first kappa shape index (κ1) is 23.6. The number of pyridine rings is 1. The first-order chi connectivity index (χ1) is 17.2. The van der Waals surface area contributed by atoms with Crippen LogP contribution in [0.5, 0.6) is 0 Å². The molecule has 2 fully saturated rings. The fourth-order valence-corrected chi connectivity index (χ4v) is 4.41. The van der Waals surface area contributed by atoms with Gasteiger partial charge in [-0.3, -0.25) is 4.98 Å². The van der Waals surface area contributed by atoms with E-state index in [1.54, 1.807) is 12.1 Å². The van der Waals surface area contributed by atoms with Crippen LogP contribution in [0.4, 0.5) is 0 Å². The van der Waals surface area contributed by atoms with Crippen LogP contribution in [-0.4, -0.2) is 54.2 Å². The Balaban J connectivity index is 1.44. The molecule has 0 aliphatic carbocycles. The first-order valence-electron chi connectivity index (χ1n) is 11.5. The Labute approximate surface area is 203 Å². The van der Waals surface area contributed by atoms with Crippen LogP contribution < -0.4 is 0 Å². The van der Waals surface area contributed by atoms with E-state index in [-0.39, 0.29) is 6.61 Å². The number of fused-ring (bicyclic) bond motifs is 1. The van der Waals surface area contributed by atoms with E-state index in [1.807, 2.05) is 60.7 Å². The Kier molecular flexibility index (Phi) is 7.17. The highest BCUT2D eigenvalue weighted by Crippen LogP contribution is 2.41. The molecule has 8 nitrogen and oxygen atoms in total. The maximum atomic E-state index is 11.8. The number of ether oxygens (including phenoxy) is 5. The quantitative estimate of drug-likeness (QED) is 0.540. The Hall–Kier alpha value is -3.14. The monoisotopic (exact) mass is 477 g/mol. The van der Waals surface area contributed by atoms with Gasteiger partial charge in [0, 0.05) is 29.4 Å². The lowest BCUT2D eigenvalue weighted by Crippen LogP contribution is -2.59. The number of hydrogen-bond acceptors (Lipinski definition) is 8. The maximum absolute atomic E-state index is 11.8. The lowest BCUT2D eigenvalue weighted by molar-refractivity contribution is -0.384. The predicted octanol–water partition coefficient (Wildman–Crippen LogP) is 3.37. The van der Waals surface area contributed by atoms with Crippen LogP contribution in [-0.2, 0) is 30.1 Å². The molecule has 6 atom stereocenters. The second-order valence-corrected chi connectivity index (χ2v) is 8.45. The highest BCUT2D eigenvalue weighted by molar-refractivity contribution is 5.88. The highest BCUT2D eigenvalue weighted by atomic mass is 16.8. The third-order valence-electron chi connectivity index (χ3n) is 6.19. The van der Waals surface area contributed by atoms with E-state index in [9.17, 15) is 9.90 Å². The molecule has 2 saturated heterocycles. The number of nitrogens with zero attached hydrogens (tertiary/aromatic N) is 1. The molecule has 2 aliphatic heterocycles. The van der Waals surface area contributed by atoms with Gasteiger partial charge in [-0.05, 0) is 12.1 Å². The summed E-state index contributed by atoms with van der Waals surface area (Å²) < 4.78 is 29.9. The summed E-state index contributed by atoms with van der Waals surface area (Å²) >= 11 is 0. The largest absolute Gasteiger partial charge is 0.465 e. The molecule has 8 heteroatoms. The van der Waals surface area contributed by atoms with Crippen LogP contribution in [0.1, 0.15) is 39.8 Å². The fraction of sp³-hybridized carbons (Fsp3) is 0.333. The van der Waals surface area contributed by atoms with Gasteiger partial charge in [0.15, 0.2) is 12.6 Å². The summed E-state index contributed by atoms with van der Waals surface area (Å²) in [5, 5.41) is 10.2. The zero-order valence-electron chi connectivity index (χ0n) is 19.2. The summed E-state index contributed by atoms with van der Waals surface area (Å²) in [4.78, 5) is 16.2. The molecule has 3 heterocycles. The Bertz CT molecular complexity index is 1110. The van der Waals surface area contributed by atoms with Crippen LogP contribution in [0.2, 0.25) is 0 Å². The molecule has 5 rings (SSSR count). The van der Waals surface area contributed by atoms with Crippen molar-refractivity contribution in [1.82, 2.24) is 4.98 Å². The number of carbonyl (C=O) groups excluding carboxylic acids is 1. The zero-order valence-corrected chi connectivity index (χ0v) is 19.2. The van der Waals surface area contributed by atoms with Crippen molar-refractivity contribution < 1.29 is 33.6 Å². The SMILES string of the molecule is COC(=O)c1ccc(C[C@H]2OC(c3ccccc3)O[C@H]3[C@H]2OC(c2ccccc2)O[C@@H]3CO)nc1. The summed E-state index contributed by atoms with van der Waals surface area (Å²) in [7, 11) is 1.33. The minimum atomic E-state index is -0.674. The topological polar surface area (TPSA) is 96.3 Å². The molecule has 0 spiro atoms. The van der Waals surface area contributed by atoms with Gasteiger partial charge in [-0.15, -0.1) is 0 Å². The zero-order chi connectivity index (χ0) is 24.2. The number of methoxy groups -OCH3 is 1. The van der Waals surface area contributed by atoms with Gasteiger partial charge < -0.3 is 28.8 Å². The molecule has 0 amide bonds. The average molecular weight is 478 g/mol. The predicted molar refractivity (Wildman–Crippen MR) is 124 cm³/mol. The van der Waals surface area contributed by atoms with E-state index in [0.717, 1.165) is 16.8 Å². The minimum Gasteiger partial charge on any atom is -0.465 e. The second kappa shape index (κ2) is 10.6. The van der Waals surface area contributed by atoms with Crippen molar-refractivity contribution in [2.24, 2.45) is 0 Å². The van der Waals surface area contributed by atoms with Crippen molar-refractivity contribution in [3.05, 3.63) is 101 Å². The average Bonchev–Trinajstić information content (AvgIpc) is 2.93. The summed E-state index contributed by atoms with van der Waals surface area (Å²) in [6.07, 6.45) is -1.56. The number of aliphatic hydroxyl groups is 1. The first-order valence-corrected chi connectivity index (χ1v) is 11.5. The molecule has 0 saturated carbocycles. The number of carbonyl (C=O) groups is 1. The van der Waals surface area contributed by atoms with Gasteiger partial charge >= 0.3 is 5.97 Å². The molecule has 1 N–H and O–H groups in total. The molecule has 182 valence electrons. The van der Waals surface area contributed by atoms with E-state index in [1.165, 1.54) is 13.3 Å². The van der Waals surface area contributed by atoms with Gasteiger partial charge in [0.2, 0.25) is 0 Å². The number of aromatic nitrogens is 1. The summed E-state index contributed by atoms with van der Waals surface area (Å²) in [5.41, 5.74) is 2.79. The number of rotatable bonds is 6. The van der Waals surface area contributed by atoms with Gasteiger partial charge in [-0.25, -0.2) is 4.79 Å². The Morgan fingerprint density at radius 1 is 0.829 bits per heavy atom. The summed E-state index contributed by atoms with van der Waals surface area (Å²) in [6.45, 7) is -0.228. The van der Waals surface area contributed by atoms with Gasteiger partial charge in [0.1, 0.15) is 18.3 Å². The molecule has 3 aromatic rings. The maximum Gasteiger partial charge on any atom is 0.339 e. The highest BCUT2D eigenvalue weighted by Gasteiger charge is 2.50. The number of esters is 1. The fourth-order valence-electron chi connectivity index (χ4n) is 4.41. The third kappa shape index (κ3) is 5.12. The van der Waals surface area contributed by atoms with Crippen molar-refractivity contribution in [2.75, 3.05) is 13.7 Å². The van der Waals surface area contributed by atoms with Crippen molar-refractivity contribution in [2.45, 2.75) is 43.4 Å². The molecule has 2 unspecified atom stereocenters. The smallest absolute Gasteiger partial charge is 0.339 e. The van der Waals surface area contributed by atoms with E-state index in [2.05, 4.69) is 4.98 Å². The van der Waals surface area contributed by atoms with E-state index in [0.29, 0.717) is 12.0 Å². The summed E-state index contributed by atoms with van der Waals surface area (Å²) in [5.74, 6) is -0.445. The molecule has 2 aromatic carbocycles. The number of benzene rings is 2. The van der Waals surface area contributed by atoms with Crippen LogP contribution in [0, 0.1) is 0 Å². The van der Waals surface area contributed by atoms with Gasteiger partial charge in [0.05, 0.1) is 25.4 Å². The van der Waals surface area contributed by atoms with Crippen LogP contribution in [0.3, 0.4) is 0 Å². The van der Waals surface area contributed by atoms with E-state index < -0.39 is 43.0 Å². The lowest BCUT2D eigenvalue weighted by atomic mass is 9.95. The molecule has 0 bridgehead atoms. The normalized spacial score (nSPS) is 28.2. The van der Waals surface area contributed by atoms with Crippen molar-refractivity contribution in [1.29, 1.82) is 0 Å². The van der Waals surface area contributed by atoms with Crippen LogP contribution in [0.25, 0.3) is 0 Å². The molecular weight excluding hydrogens is 450 g/mol. The lowest BCUT2D eigenvalue weighted by Gasteiger charge is -2.49. The molecule has 2 aliphatic rings. The van der Waals surface area contributed by atoms with Crippen molar-refractivity contribution in [3.63, 3.8) is 0 Å². The third-order valence-corrected chi connectivity index (χ3v) is 6.19. The Morgan fingerprint density at radius 2 is 1.40 bits per heavy atom. The van der Waals surface area contributed by atoms with Crippen molar-refractivity contribution >= 4 is 5.97 Å². The minimum absolute atomic E-state index is 0.228. The van der Waals surface area contributed by atoms with E-state index in [4.69, 9.17) is 23.7 Å².